The molecule has 13 heteroatoms. The molecule has 4 aliphatic rings. The number of nitrogens with two attached hydrogens (primary N) is 1. The van der Waals surface area contributed by atoms with Gasteiger partial charge < -0.3 is 20.9 Å². The lowest BCUT2D eigenvalue weighted by atomic mass is 9.88. The minimum absolute atomic E-state index is 0.152. The highest BCUT2D eigenvalue weighted by Crippen LogP contribution is 2.57. The largest absolute Gasteiger partial charge is 0.406 e. The zero-order valence-corrected chi connectivity index (χ0v) is 22.5. The van der Waals surface area contributed by atoms with Gasteiger partial charge in [-0.3, -0.25) is 14.5 Å². The molecule has 10 nitrogen and oxygen atoms in total. The molecule has 3 fully saturated rings. The third kappa shape index (κ3) is 5.25. The molecule has 3 heterocycles. The second kappa shape index (κ2) is 9.77. The van der Waals surface area contributed by atoms with Crippen molar-refractivity contribution in [3.05, 3.63) is 48.1 Å². The van der Waals surface area contributed by atoms with Crippen LogP contribution >= 0.6 is 0 Å². The van der Waals surface area contributed by atoms with Crippen LogP contribution in [0.2, 0.25) is 0 Å². The molecule has 3 unspecified atom stereocenters. The molecule has 0 radical (unpaired) electrons. The normalized spacial score (nSPS) is 27.6. The molecule has 214 valence electrons. The third-order valence-electron chi connectivity index (χ3n) is 8.35. The second-order valence-electron chi connectivity index (χ2n) is 11.7. The highest BCUT2D eigenvalue weighted by atomic mass is 19.4. The quantitative estimate of drug-likeness (QED) is 0.406. The molecule has 0 spiro atoms. The van der Waals surface area contributed by atoms with Crippen molar-refractivity contribution in [2.24, 2.45) is 34.4 Å². The molecule has 0 bridgehead atoms. The Morgan fingerprint density at radius 1 is 1.35 bits per heavy atom. The number of hydrogen-bond donors (Lipinski definition) is 3. The first-order valence-electron chi connectivity index (χ1n) is 13.8. The van der Waals surface area contributed by atoms with Crippen LogP contribution in [0.5, 0.6) is 0 Å². The van der Waals surface area contributed by atoms with E-state index in [-0.39, 0.29) is 29.4 Å². The smallest absolute Gasteiger partial charge is 0.403 e. The number of nitrogens with zero attached hydrogens (tertiary/aromatic N) is 6. The summed E-state index contributed by atoms with van der Waals surface area (Å²) >= 11 is 0. The summed E-state index contributed by atoms with van der Waals surface area (Å²) in [6, 6.07) is 1.66. The zero-order chi connectivity index (χ0) is 28.2. The number of nitrogens with one attached hydrogen (secondary N) is 2. The maximum atomic E-state index is 13.8. The molecular weight excluding hydrogens is 523 g/mol. The van der Waals surface area contributed by atoms with Crippen LogP contribution in [0.4, 0.5) is 13.2 Å². The molecule has 0 saturated heterocycles. The van der Waals surface area contributed by atoms with Crippen molar-refractivity contribution in [2.45, 2.75) is 76.3 Å². The van der Waals surface area contributed by atoms with E-state index in [1.54, 1.807) is 6.20 Å². The molecule has 4 atom stereocenters. The van der Waals surface area contributed by atoms with Gasteiger partial charge in [-0.2, -0.15) is 18.3 Å². The molecule has 2 aromatic heterocycles. The summed E-state index contributed by atoms with van der Waals surface area (Å²) in [7, 11) is 0. The first-order valence-corrected chi connectivity index (χ1v) is 13.8. The number of fused-ring (bicyclic) bond motifs is 1. The van der Waals surface area contributed by atoms with Crippen LogP contribution in [-0.4, -0.2) is 48.9 Å². The highest BCUT2D eigenvalue weighted by Gasteiger charge is 2.54. The maximum absolute atomic E-state index is 13.8. The third-order valence-corrected chi connectivity index (χ3v) is 8.35. The average molecular weight is 558 g/mol. The van der Waals surface area contributed by atoms with Gasteiger partial charge in [0.05, 0.1) is 17.1 Å². The molecule has 2 aromatic rings. The lowest BCUT2D eigenvalue weighted by Gasteiger charge is -2.28. The van der Waals surface area contributed by atoms with Crippen LogP contribution in [0, 0.1) is 23.7 Å². The number of hydrogen-bond acceptors (Lipinski definition) is 7. The van der Waals surface area contributed by atoms with Gasteiger partial charge in [0.25, 0.3) is 0 Å². The highest BCUT2D eigenvalue weighted by molar-refractivity contribution is 5.92. The first-order chi connectivity index (χ1) is 19.1. The van der Waals surface area contributed by atoms with Gasteiger partial charge in [0.2, 0.25) is 5.91 Å². The standard InChI is InChI=1S/C27H34F3N9O/c1-15(2)39-21(5-8-34-39)20-10-17-9-19(17)22(16-3-4-16)23(36-20)24(40)35-18(11-31)12-32-26(6-7-26)25-37-33-14-38(25)13-27(28,29)30/h5,8,10-12,14-17,19,22-23,36H,3-4,6-7,9,13,31H2,1-2H3,(H,35,40)/t17?,19?,22?,23-/m0/s1. The summed E-state index contributed by atoms with van der Waals surface area (Å²) in [5, 5.41) is 18.6. The number of aromatic nitrogens is 5. The van der Waals surface area contributed by atoms with Crippen LogP contribution in [0.25, 0.3) is 5.70 Å². The summed E-state index contributed by atoms with van der Waals surface area (Å²) in [5.41, 5.74) is 7.10. The van der Waals surface area contributed by atoms with Gasteiger partial charge >= 0.3 is 6.18 Å². The van der Waals surface area contributed by atoms with Crippen LogP contribution < -0.4 is 16.4 Å². The van der Waals surface area contributed by atoms with Crippen molar-refractivity contribution < 1.29 is 18.0 Å². The van der Waals surface area contributed by atoms with Crippen molar-refractivity contribution in [1.29, 1.82) is 0 Å². The van der Waals surface area contributed by atoms with Gasteiger partial charge in [0, 0.05) is 24.7 Å². The molecule has 3 saturated carbocycles. The Balaban J connectivity index is 1.21. The van der Waals surface area contributed by atoms with E-state index < -0.39 is 24.3 Å². The lowest BCUT2D eigenvalue weighted by Crippen LogP contribution is -2.49. The fourth-order valence-electron chi connectivity index (χ4n) is 6.07. The van der Waals surface area contributed by atoms with Crippen LogP contribution in [0.3, 0.4) is 0 Å². The van der Waals surface area contributed by atoms with Gasteiger partial charge in [-0.25, -0.2) is 0 Å². The second-order valence-corrected chi connectivity index (χ2v) is 11.7. The van der Waals surface area contributed by atoms with Crippen LogP contribution in [0.1, 0.15) is 63.5 Å². The first kappa shape index (κ1) is 26.6. The Morgan fingerprint density at radius 3 is 2.77 bits per heavy atom. The van der Waals surface area contributed by atoms with Crippen LogP contribution in [0.15, 0.2) is 41.6 Å². The van der Waals surface area contributed by atoms with Crippen molar-refractivity contribution in [3.63, 3.8) is 0 Å². The van der Waals surface area contributed by atoms with E-state index in [4.69, 9.17) is 5.73 Å². The van der Waals surface area contributed by atoms with E-state index >= 15 is 0 Å². The van der Waals surface area contributed by atoms with E-state index in [0.717, 1.165) is 41.5 Å². The lowest BCUT2D eigenvalue weighted by molar-refractivity contribution is -0.141. The molecule has 0 aromatic carbocycles. The summed E-state index contributed by atoms with van der Waals surface area (Å²) in [6.45, 7) is 2.95. The molecule has 3 aliphatic carbocycles. The number of amides is 1. The Kier molecular flexibility index (Phi) is 6.49. The van der Waals surface area contributed by atoms with Crippen LogP contribution in [-0.2, 0) is 16.9 Å². The van der Waals surface area contributed by atoms with Gasteiger partial charge in [-0.05, 0) is 75.7 Å². The predicted octanol–water partition coefficient (Wildman–Crippen LogP) is 3.27. The molecule has 40 heavy (non-hydrogen) atoms. The molecular formula is C27H34F3N9O. The van der Waals surface area contributed by atoms with Crippen molar-refractivity contribution in [3.8, 4) is 0 Å². The Hall–Kier alpha value is -3.64. The number of aliphatic imine (C=N–C) groups is 1. The number of alkyl halides is 3. The Labute approximate surface area is 230 Å². The zero-order valence-electron chi connectivity index (χ0n) is 22.5. The number of halogens is 3. The number of carbonyl (C=O) groups is 1. The molecule has 1 amide bonds. The van der Waals surface area contributed by atoms with Crippen molar-refractivity contribution in [2.75, 3.05) is 0 Å². The van der Waals surface area contributed by atoms with Gasteiger partial charge in [0.1, 0.15) is 24.5 Å². The van der Waals surface area contributed by atoms with Gasteiger partial charge in [-0.1, -0.05) is 6.08 Å². The van der Waals surface area contributed by atoms with Crippen molar-refractivity contribution >= 4 is 17.8 Å². The van der Waals surface area contributed by atoms with Crippen molar-refractivity contribution in [1.82, 2.24) is 35.2 Å². The van der Waals surface area contributed by atoms with E-state index in [9.17, 15) is 18.0 Å². The van der Waals surface area contributed by atoms with E-state index in [1.165, 1.54) is 12.4 Å². The summed E-state index contributed by atoms with van der Waals surface area (Å²) < 4.78 is 42.0. The number of carbonyl (C=O) groups excluding carboxylic acids is 1. The predicted molar refractivity (Wildman–Crippen MR) is 141 cm³/mol. The summed E-state index contributed by atoms with van der Waals surface area (Å²) in [5.74, 6) is 1.50. The molecule has 6 rings (SSSR count). The van der Waals surface area contributed by atoms with Gasteiger partial charge in [0.15, 0.2) is 5.82 Å². The average Bonchev–Trinajstić information content (AvgIpc) is 3.84. The van der Waals surface area contributed by atoms with Gasteiger partial charge in [-0.15, -0.1) is 10.2 Å². The van der Waals surface area contributed by atoms with E-state index in [1.807, 2.05) is 10.7 Å². The van der Waals surface area contributed by atoms with E-state index in [0.29, 0.717) is 30.6 Å². The number of rotatable bonds is 9. The number of allylic oxidation sites excluding steroid dienone is 2. The minimum Gasteiger partial charge on any atom is -0.403 e. The Morgan fingerprint density at radius 2 is 2.12 bits per heavy atom. The monoisotopic (exact) mass is 557 g/mol. The summed E-state index contributed by atoms with van der Waals surface area (Å²) in [4.78, 5) is 18.4. The van der Waals surface area contributed by atoms with E-state index in [2.05, 4.69) is 50.8 Å². The Bertz CT molecular complexity index is 1360. The fraction of sp³-hybridized carbons (Fsp3) is 0.593. The molecule has 4 N–H and O–H groups in total. The molecule has 1 aliphatic heterocycles. The topological polar surface area (TPSA) is 128 Å². The maximum Gasteiger partial charge on any atom is 0.406 e. The summed E-state index contributed by atoms with van der Waals surface area (Å²) in [6.07, 6.45) is 7.70. The minimum atomic E-state index is -4.40. The fourth-order valence-corrected chi connectivity index (χ4v) is 6.07. The SMILES string of the molecule is CC(C)n1nccc1C1=CC2CC2C(C2CC2)[C@@H](C(=O)NC(C=NC2(c3nncn3CC(F)(F)F)CC2)=CN)N1.